The smallest absolute Gasteiger partial charge is 0.249 e. The highest BCUT2D eigenvalue weighted by molar-refractivity contribution is 8.00. The van der Waals surface area contributed by atoms with Crippen LogP contribution in [0, 0.1) is 23.7 Å². The van der Waals surface area contributed by atoms with Gasteiger partial charge in [0.2, 0.25) is 51.4 Å². The zero-order valence-corrected chi connectivity index (χ0v) is 34.5. The summed E-state index contributed by atoms with van der Waals surface area (Å²) in [5, 5.41) is 14.7. The van der Waals surface area contributed by atoms with Crippen molar-refractivity contribution in [3.63, 3.8) is 0 Å². The van der Waals surface area contributed by atoms with E-state index in [1.807, 2.05) is 0 Å². The molecule has 7 unspecified atom stereocenters. The van der Waals surface area contributed by atoms with E-state index < -0.39 is 63.7 Å². The number of piperidine rings is 1. The molecule has 0 bridgehead atoms. The Morgan fingerprint density at radius 3 is 2.47 bits per heavy atom. The molecule has 6 aliphatic rings. The Labute approximate surface area is 339 Å². The maximum Gasteiger partial charge on any atom is 0.249 e. The number of carbonyl (C=O) groups excluding carboxylic acids is 7. The standard InChI is InChI=1S/C38H59N7O10S2/c1-57(53,54)44-19-17-24(21-44)33(48)40-26(34(49)43-38-41-27(22-56-38)23-9-3-2-4-10-23)12-5-6-18-39-30(46)14-8-20-55-29-13-7-11-25-32(29)37(52)45(36(25)51)28-15-16-31(47)42-35(28)50/h23-29,32,38,41H,2-22H2,1H3,(H,39,46)(H,40,48)(H,43,49)(H,42,47,50)/t24?,25?,26-,27?,28?,29?,32?,38?/m0/s1. The van der Waals surface area contributed by atoms with Crippen LogP contribution in [0.3, 0.4) is 0 Å². The van der Waals surface area contributed by atoms with Gasteiger partial charge < -0.3 is 20.7 Å². The van der Waals surface area contributed by atoms with Crippen LogP contribution >= 0.6 is 11.8 Å². The molecule has 4 heterocycles. The highest BCUT2D eigenvalue weighted by Crippen LogP contribution is 2.41. The van der Waals surface area contributed by atoms with Crippen molar-refractivity contribution in [1.82, 2.24) is 35.8 Å². The van der Waals surface area contributed by atoms with E-state index in [2.05, 4.69) is 26.6 Å². The van der Waals surface area contributed by atoms with E-state index in [4.69, 9.17) is 4.74 Å². The van der Waals surface area contributed by atoms with Gasteiger partial charge >= 0.3 is 0 Å². The molecule has 318 valence electrons. The summed E-state index contributed by atoms with van der Waals surface area (Å²) in [6.07, 6.45) is 11.2. The molecule has 0 spiro atoms. The third-order valence-corrected chi connectivity index (χ3v) is 14.9. The van der Waals surface area contributed by atoms with Gasteiger partial charge in [0, 0.05) is 50.9 Å². The number of thioether (sulfide) groups is 1. The van der Waals surface area contributed by atoms with Crippen LogP contribution in [0.2, 0.25) is 0 Å². The van der Waals surface area contributed by atoms with Gasteiger partial charge in [0.1, 0.15) is 17.6 Å². The summed E-state index contributed by atoms with van der Waals surface area (Å²) < 4.78 is 31.4. The first kappa shape index (κ1) is 43.4. The van der Waals surface area contributed by atoms with Crippen molar-refractivity contribution in [1.29, 1.82) is 0 Å². The van der Waals surface area contributed by atoms with E-state index in [9.17, 15) is 42.0 Å². The van der Waals surface area contributed by atoms with Gasteiger partial charge in [-0.3, -0.25) is 49.1 Å². The van der Waals surface area contributed by atoms with Gasteiger partial charge in [0.25, 0.3) is 0 Å². The number of nitrogens with one attached hydrogen (secondary N) is 5. The minimum atomic E-state index is -3.42. The second-order valence-electron chi connectivity index (χ2n) is 16.5. The number of nitrogens with zero attached hydrogens (tertiary/aromatic N) is 2. The van der Waals surface area contributed by atoms with Crippen LogP contribution in [0.15, 0.2) is 0 Å². The summed E-state index contributed by atoms with van der Waals surface area (Å²) >= 11 is 1.66. The quantitative estimate of drug-likeness (QED) is 0.0996. The van der Waals surface area contributed by atoms with Gasteiger partial charge in [-0.05, 0) is 70.1 Å². The average molecular weight is 838 g/mol. The fourth-order valence-corrected chi connectivity index (χ4v) is 11.4. The number of sulfonamides is 1. The van der Waals surface area contributed by atoms with Crippen molar-refractivity contribution in [2.45, 2.75) is 132 Å². The monoisotopic (exact) mass is 837 g/mol. The van der Waals surface area contributed by atoms with Gasteiger partial charge in [0.05, 0.1) is 30.1 Å². The minimum Gasteiger partial charge on any atom is -0.377 e. The Morgan fingerprint density at radius 2 is 1.74 bits per heavy atom. The molecule has 6 fully saturated rings. The number of carbonyl (C=O) groups is 7. The van der Waals surface area contributed by atoms with Crippen LogP contribution in [0.25, 0.3) is 0 Å². The second kappa shape index (κ2) is 19.7. The molecule has 4 aliphatic heterocycles. The number of amides is 7. The number of hydrogen-bond acceptors (Lipinski definition) is 12. The zero-order chi connectivity index (χ0) is 40.7. The van der Waals surface area contributed by atoms with Crippen molar-refractivity contribution < 1.29 is 46.7 Å². The molecule has 6 rings (SSSR count). The van der Waals surface area contributed by atoms with E-state index in [0.29, 0.717) is 69.9 Å². The molecule has 2 saturated carbocycles. The third kappa shape index (κ3) is 11.1. The topological polar surface area (TPSA) is 229 Å². The lowest BCUT2D eigenvalue weighted by Gasteiger charge is -2.30. The van der Waals surface area contributed by atoms with Gasteiger partial charge in [0.15, 0.2) is 0 Å². The van der Waals surface area contributed by atoms with Crippen LogP contribution in [0.5, 0.6) is 0 Å². The molecule has 7 amide bonds. The van der Waals surface area contributed by atoms with Gasteiger partial charge in [-0.2, -0.15) is 0 Å². The highest BCUT2D eigenvalue weighted by atomic mass is 32.2. The lowest BCUT2D eigenvalue weighted by molar-refractivity contribution is -0.152. The van der Waals surface area contributed by atoms with E-state index in [1.165, 1.54) is 36.4 Å². The maximum atomic E-state index is 13.6. The summed E-state index contributed by atoms with van der Waals surface area (Å²) in [6.45, 7) is 0.937. The number of hydrogen-bond donors (Lipinski definition) is 5. The predicted molar refractivity (Wildman–Crippen MR) is 209 cm³/mol. The second-order valence-corrected chi connectivity index (χ2v) is 19.6. The Bertz CT molecular complexity index is 1640. The molecule has 0 aromatic heterocycles. The predicted octanol–water partition coefficient (Wildman–Crippen LogP) is 0.480. The first-order chi connectivity index (χ1) is 27.3. The van der Waals surface area contributed by atoms with Gasteiger partial charge in [-0.15, -0.1) is 11.8 Å². The molecule has 57 heavy (non-hydrogen) atoms. The first-order valence-electron chi connectivity index (χ1n) is 20.8. The molecule has 0 radical (unpaired) electrons. The molecule has 17 nitrogen and oxygen atoms in total. The molecule has 5 N–H and O–H groups in total. The number of likely N-dealkylation sites (tertiary alicyclic amines) is 1. The van der Waals surface area contributed by atoms with Crippen LogP contribution in [-0.4, -0.2) is 127 Å². The van der Waals surface area contributed by atoms with Crippen LogP contribution in [0.4, 0.5) is 0 Å². The normalized spacial score (nSPS) is 30.5. The molecule has 0 aromatic carbocycles. The third-order valence-electron chi connectivity index (χ3n) is 12.5. The van der Waals surface area contributed by atoms with Crippen LogP contribution < -0.4 is 26.6 Å². The summed E-state index contributed by atoms with van der Waals surface area (Å²) in [6, 6.07) is -1.46. The Hall–Kier alpha value is -3.13. The summed E-state index contributed by atoms with van der Waals surface area (Å²) in [5.41, 5.74) is -0.257. The summed E-state index contributed by atoms with van der Waals surface area (Å²) in [4.78, 5) is 91.2. The lowest BCUT2D eigenvalue weighted by Crippen LogP contribution is -2.54. The number of ether oxygens (including phenoxy) is 1. The van der Waals surface area contributed by atoms with Crippen molar-refractivity contribution in [3.8, 4) is 0 Å². The summed E-state index contributed by atoms with van der Waals surface area (Å²) in [7, 11) is -3.42. The molecular formula is C38H59N7O10S2. The Morgan fingerprint density at radius 1 is 0.947 bits per heavy atom. The fourth-order valence-electron chi connectivity index (χ4n) is 9.31. The van der Waals surface area contributed by atoms with Gasteiger partial charge in [-0.1, -0.05) is 25.7 Å². The van der Waals surface area contributed by atoms with E-state index in [-0.39, 0.29) is 68.1 Å². The minimum absolute atomic E-state index is 0.0643. The fraction of sp³-hybridized carbons (Fsp3) is 0.816. The molecule has 4 saturated heterocycles. The summed E-state index contributed by atoms with van der Waals surface area (Å²) in [5.74, 6) is -2.96. The van der Waals surface area contributed by atoms with Crippen LogP contribution in [0.1, 0.15) is 103 Å². The zero-order valence-electron chi connectivity index (χ0n) is 32.8. The number of fused-ring (bicyclic) bond motifs is 1. The van der Waals surface area contributed by atoms with Crippen molar-refractivity contribution in [2.24, 2.45) is 23.7 Å². The SMILES string of the molecule is CS(=O)(=O)N1CCC(C(=O)N[C@@H](CCCCNC(=O)CCCOC2CCCC3C(=O)N(C4CCC(=O)NC4=O)C(=O)C23)C(=O)NC2NC(C3CCCCC3)CS2)C1. The largest absolute Gasteiger partial charge is 0.377 e. The molecular weight excluding hydrogens is 779 g/mol. The number of imide groups is 2. The lowest BCUT2D eigenvalue weighted by atomic mass is 9.79. The van der Waals surface area contributed by atoms with Crippen molar-refractivity contribution in [3.05, 3.63) is 0 Å². The van der Waals surface area contributed by atoms with Gasteiger partial charge in [-0.25, -0.2) is 12.7 Å². The molecule has 19 heteroatoms. The number of rotatable bonds is 17. The molecule has 2 aliphatic carbocycles. The Kier molecular flexibility index (Phi) is 15.1. The van der Waals surface area contributed by atoms with E-state index >= 15 is 0 Å². The van der Waals surface area contributed by atoms with E-state index in [0.717, 1.165) is 16.9 Å². The van der Waals surface area contributed by atoms with Crippen molar-refractivity contribution >= 4 is 63.1 Å². The average Bonchev–Trinajstić information content (AvgIpc) is 3.93. The van der Waals surface area contributed by atoms with Crippen LogP contribution in [-0.2, 0) is 48.3 Å². The Balaban J connectivity index is 0.915. The first-order valence-corrected chi connectivity index (χ1v) is 23.7. The molecule has 8 atom stereocenters. The van der Waals surface area contributed by atoms with Crippen molar-refractivity contribution in [2.75, 3.05) is 38.2 Å². The van der Waals surface area contributed by atoms with E-state index in [1.54, 1.807) is 11.8 Å². The maximum absolute atomic E-state index is 13.6. The highest BCUT2D eigenvalue weighted by Gasteiger charge is 2.56. The molecule has 0 aromatic rings. The number of unbranched alkanes of at least 4 members (excludes halogenated alkanes) is 1.